The second kappa shape index (κ2) is 9.71. The molecule has 4 nitrogen and oxygen atoms in total. The molecule has 4 aromatic rings. The van der Waals surface area contributed by atoms with Crippen molar-refractivity contribution in [2.75, 3.05) is 11.1 Å². The number of amides is 1. The van der Waals surface area contributed by atoms with Gasteiger partial charge in [-0.3, -0.25) is 14.2 Å². The summed E-state index contributed by atoms with van der Waals surface area (Å²) in [6.07, 6.45) is 0.281. The number of hydrogen-bond acceptors (Lipinski definition) is 4. The fourth-order valence-corrected chi connectivity index (χ4v) is 5.32. The first-order chi connectivity index (χ1) is 15.4. The monoisotopic (exact) mass is 466 g/mol. The van der Waals surface area contributed by atoms with Crippen LogP contribution in [-0.2, 0) is 11.2 Å². The Morgan fingerprint density at radius 3 is 2.62 bits per heavy atom. The van der Waals surface area contributed by atoms with Gasteiger partial charge in [0.05, 0.1) is 22.7 Å². The predicted octanol–water partition coefficient (Wildman–Crippen LogP) is 6.10. The number of anilines is 1. The van der Waals surface area contributed by atoms with Crippen LogP contribution in [0, 0.1) is 5.82 Å². The molecule has 164 valence electrons. The molecule has 3 aromatic carbocycles. The molecule has 0 spiro atoms. The highest BCUT2D eigenvalue weighted by molar-refractivity contribution is 7.99. The lowest BCUT2D eigenvalue weighted by molar-refractivity contribution is -0.115. The number of hydrogen-bond donors (Lipinski definition) is 1. The average Bonchev–Trinajstić information content (AvgIpc) is 3.09. The molecule has 7 heteroatoms. The molecule has 1 heterocycles. The van der Waals surface area contributed by atoms with Crippen molar-refractivity contribution in [1.82, 2.24) is 4.57 Å². The second-order valence-electron chi connectivity index (χ2n) is 7.45. The molecule has 1 unspecified atom stereocenters. The van der Waals surface area contributed by atoms with Crippen LogP contribution in [0.2, 0.25) is 0 Å². The molecule has 0 aliphatic carbocycles. The number of benzene rings is 3. The number of nitrogens with zero attached hydrogens (tertiary/aromatic N) is 1. The summed E-state index contributed by atoms with van der Waals surface area (Å²) in [6, 6.07) is 19.4. The number of thiazole rings is 1. The summed E-state index contributed by atoms with van der Waals surface area (Å²) >= 11 is 2.88. The lowest BCUT2D eigenvalue weighted by Gasteiger charge is -2.14. The maximum absolute atomic E-state index is 13.6. The molecule has 32 heavy (non-hydrogen) atoms. The molecule has 0 bridgehead atoms. The van der Waals surface area contributed by atoms with Gasteiger partial charge in [-0.05, 0) is 66.3 Å². The largest absolute Gasteiger partial charge is 0.326 e. The quantitative estimate of drug-likeness (QED) is 0.335. The smallest absolute Gasteiger partial charge is 0.308 e. The van der Waals surface area contributed by atoms with E-state index in [1.165, 1.54) is 17.0 Å². The van der Waals surface area contributed by atoms with Crippen molar-refractivity contribution in [2.45, 2.75) is 31.2 Å². The van der Waals surface area contributed by atoms with Crippen molar-refractivity contribution in [3.8, 4) is 0 Å². The first kappa shape index (κ1) is 22.3. The van der Waals surface area contributed by atoms with E-state index in [1.807, 2.05) is 49.4 Å². The van der Waals surface area contributed by atoms with E-state index >= 15 is 0 Å². The van der Waals surface area contributed by atoms with E-state index in [-0.39, 0.29) is 29.1 Å². The van der Waals surface area contributed by atoms with E-state index in [0.717, 1.165) is 38.4 Å². The number of thioether (sulfide) groups is 1. The number of fused-ring (bicyclic) bond motifs is 1. The van der Waals surface area contributed by atoms with Gasteiger partial charge in [-0.25, -0.2) is 4.39 Å². The number of nitrogens with one attached hydrogen (secondary N) is 1. The normalized spacial score (nSPS) is 12.1. The minimum Gasteiger partial charge on any atom is -0.326 e. The highest BCUT2D eigenvalue weighted by Gasteiger charge is 2.16. The fourth-order valence-electron chi connectivity index (χ4n) is 3.66. The molecule has 1 amide bonds. The summed E-state index contributed by atoms with van der Waals surface area (Å²) in [6.45, 7) is 3.98. The molecule has 1 aromatic heterocycles. The van der Waals surface area contributed by atoms with Crippen LogP contribution in [-0.4, -0.2) is 16.2 Å². The summed E-state index contributed by atoms with van der Waals surface area (Å²) < 4.78 is 16.1. The van der Waals surface area contributed by atoms with Gasteiger partial charge in [-0.2, -0.15) is 0 Å². The fraction of sp³-hybridized carbons (Fsp3) is 0.200. The Morgan fingerprint density at radius 1 is 1.12 bits per heavy atom. The number of carbonyl (C=O) groups is 1. The molecular weight excluding hydrogens is 443 g/mol. The molecule has 0 saturated carbocycles. The zero-order valence-electron chi connectivity index (χ0n) is 17.8. The van der Waals surface area contributed by atoms with Gasteiger partial charge < -0.3 is 5.32 Å². The highest BCUT2D eigenvalue weighted by Crippen LogP contribution is 2.27. The van der Waals surface area contributed by atoms with E-state index in [0.29, 0.717) is 5.69 Å². The minimum atomic E-state index is -0.328. The van der Waals surface area contributed by atoms with Gasteiger partial charge in [0.15, 0.2) is 0 Å². The third-order valence-electron chi connectivity index (χ3n) is 5.21. The standard InChI is InChI=1S/C25H23FN2O2S2/c1-3-31-21-10-7-17(8-11-21)13-24(29)27-20-9-12-22-23(15-20)32-25(30)28(22)16(2)18-5-4-6-19(26)14-18/h4-12,14-16H,3,13H2,1-2H3,(H,27,29). The maximum Gasteiger partial charge on any atom is 0.308 e. The second-order valence-corrected chi connectivity index (χ2v) is 9.78. The van der Waals surface area contributed by atoms with Crippen molar-refractivity contribution < 1.29 is 9.18 Å². The number of rotatable bonds is 7. The minimum absolute atomic E-state index is 0.111. The van der Waals surface area contributed by atoms with E-state index in [9.17, 15) is 14.0 Å². The predicted molar refractivity (Wildman–Crippen MR) is 131 cm³/mol. The van der Waals surface area contributed by atoms with Gasteiger partial charge in [0.1, 0.15) is 5.82 Å². The van der Waals surface area contributed by atoms with E-state index in [4.69, 9.17) is 0 Å². The molecule has 0 aliphatic heterocycles. The van der Waals surface area contributed by atoms with Crippen molar-refractivity contribution in [3.63, 3.8) is 0 Å². The average molecular weight is 467 g/mol. The SMILES string of the molecule is CCSc1ccc(CC(=O)Nc2ccc3c(c2)sc(=O)n3C(C)c2cccc(F)c2)cc1. The molecule has 0 aliphatic rings. The van der Waals surface area contributed by atoms with Gasteiger partial charge in [0.25, 0.3) is 0 Å². The Kier molecular flexibility index (Phi) is 6.77. The molecule has 1 N–H and O–H groups in total. The van der Waals surface area contributed by atoms with Gasteiger partial charge in [-0.15, -0.1) is 11.8 Å². The Labute approximate surface area is 194 Å². The van der Waals surface area contributed by atoms with E-state index < -0.39 is 0 Å². The number of carbonyl (C=O) groups excluding carboxylic acids is 1. The molecule has 0 saturated heterocycles. The molecule has 1 atom stereocenters. The Balaban J connectivity index is 1.51. The van der Waals surface area contributed by atoms with Crippen LogP contribution < -0.4 is 10.2 Å². The van der Waals surface area contributed by atoms with Crippen molar-refractivity contribution in [1.29, 1.82) is 0 Å². The topological polar surface area (TPSA) is 51.1 Å². The van der Waals surface area contributed by atoms with E-state index in [2.05, 4.69) is 12.2 Å². The molecule has 4 rings (SSSR count). The number of aromatic nitrogens is 1. The first-order valence-electron chi connectivity index (χ1n) is 10.4. The summed E-state index contributed by atoms with van der Waals surface area (Å²) in [5, 5.41) is 2.92. The first-order valence-corrected chi connectivity index (χ1v) is 12.2. The van der Waals surface area contributed by atoms with Crippen LogP contribution in [0.25, 0.3) is 10.2 Å². The van der Waals surface area contributed by atoms with Crippen molar-refractivity contribution >= 4 is 44.9 Å². The highest BCUT2D eigenvalue weighted by atomic mass is 32.2. The van der Waals surface area contributed by atoms with E-state index in [1.54, 1.807) is 28.5 Å². The van der Waals surface area contributed by atoms with Gasteiger partial charge >= 0.3 is 4.87 Å². The summed E-state index contributed by atoms with van der Waals surface area (Å²) in [5.41, 5.74) is 3.09. The third kappa shape index (κ3) is 4.95. The van der Waals surface area contributed by atoms with Crippen molar-refractivity contribution in [2.24, 2.45) is 0 Å². The zero-order chi connectivity index (χ0) is 22.7. The number of halogens is 1. The summed E-state index contributed by atoms with van der Waals surface area (Å²) in [4.78, 5) is 26.3. The van der Waals surface area contributed by atoms with Gasteiger partial charge in [0.2, 0.25) is 5.91 Å². The molecule has 0 fully saturated rings. The Bertz CT molecular complexity index is 1310. The Hall–Kier alpha value is -2.90. The van der Waals surface area contributed by atoms with Crippen LogP contribution >= 0.6 is 23.1 Å². The van der Waals surface area contributed by atoms with Crippen LogP contribution in [0.3, 0.4) is 0 Å². The van der Waals surface area contributed by atoms with Crippen LogP contribution in [0.15, 0.2) is 76.4 Å². The van der Waals surface area contributed by atoms with Crippen LogP contribution in [0.1, 0.15) is 31.0 Å². The van der Waals surface area contributed by atoms with Crippen molar-refractivity contribution in [3.05, 3.63) is 93.3 Å². The lowest BCUT2D eigenvalue weighted by Crippen LogP contribution is -2.18. The maximum atomic E-state index is 13.6. The van der Waals surface area contributed by atoms with Gasteiger partial charge in [0, 0.05) is 10.6 Å². The van der Waals surface area contributed by atoms with Gasteiger partial charge in [-0.1, -0.05) is 42.5 Å². The zero-order valence-corrected chi connectivity index (χ0v) is 19.4. The van der Waals surface area contributed by atoms with Crippen LogP contribution in [0.5, 0.6) is 0 Å². The molecular formula is C25H23FN2O2S2. The summed E-state index contributed by atoms with van der Waals surface area (Å²) in [7, 11) is 0. The third-order valence-corrected chi connectivity index (χ3v) is 7.03. The molecule has 0 radical (unpaired) electrons. The lowest BCUT2D eigenvalue weighted by atomic mass is 10.1. The van der Waals surface area contributed by atoms with Crippen LogP contribution in [0.4, 0.5) is 10.1 Å². The Morgan fingerprint density at radius 2 is 1.91 bits per heavy atom. The summed E-state index contributed by atoms with van der Waals surface area (Å²) in [5.74, 6) is 0.572.